The number of amides is 1. The molecule has 1 aromatic rings. The Hall–Kier alpha value is -2.44. The summed E-state index contributed by atoms with van der Waals surface area (Å²) >= 11 is 0. The zero-order valence-electron chi connectivity index (χ0n) is 13.8. The van der Waals surface area contributed by atoms with E-state index in [9.17, 15) is 14.7 Å². The molecule has 130 valence electrons. The second-order valence-corrected chi connectivity index (χ2v) is 6.18. The summed E-state index contributed by atoms with van der Waals surface area (Å²) in [5, 5.41) is 9.45. The smallest absolute Gasteiger partial charge is 0.326 e. The average Bonchev–Trinajstić information content (AvgIpc) is 2.60. The number of hydrogen-bond donors (Lipinski definition) is 1. The molecule has 2 aliphatic heterocycles. The zero-order valence-corrected chi connectivity index (χ0v) is 13.8. The van der Waals surface area contributed by atoms with Gasteiger partial charge < -0.3 is 24.2 Å². The number of carboxylic acid groups (broad SMARTS) is 1. The summed E-state index contributed by atoms with van der Waals surface area (Å²) < 4.78 is 16.4. The van der Waals surface area contributed by atoms with Crippen molar-refractivity contribution in [2.75, 3.05) is 26.9 Å². The molecule has 7 heteroatoms. The minimum absolute atomic E-state index is 0.282. The first-order valence-corrected chi connectivity index (χ1v) is 8.02. The van der Waals surface area contributed by atoms with Crippen molar-refractivity contribution in [2.24, 2.45) is 5.92 Å². The van der Waals surface area contributed by atoms with Crippen LogP contribution in [0.5, 0.6) is 17.2 Å². The van der Waals surface area contributed by atoms with Gasteiger partial charge in [-0.25, -0.2) is 4.79 Å². The maximum Gasteiger partial charge on any atom is 0.326 e. The van der Waals surface area contributed by atoms with Gasteiger partial charge in [0, 0.05) is 12.1 Å². The van der Waals surface area contributed by atoms with Gasteiger partial charge in [0.05, 0.1) is 7.11 Å². The number of hydrogen-bond acceptors (Lipinski definition) is 5. The molecule has 1 aromatic carbocycles. The van der Waals surface area contributed by atoms with Gasteiger partial charge in [-0.2, -0.15) is 0 Å². The van der Waals surface area contributed by atoms with Gasteiger partial charge in [0.1, 0.15) is 19.3 Å². The highest BCUT2D eigenvalue weighted by Crippen LogP contribution is 2.41. The monoisotopic (exact) mass is 335 g/mol. The fourth-order valence-corrected chi connectivity index (χ4v) is 3.18. The lowest BCUT2D eigenvalue weighted by atomic mass is 9.92. The molecule has 2 heterocycles. The van der Waals surface area contributed by atoms with E-state index in [1.54, 1.807) is 12.1 Å². The van der Waals surface area contributed by atoms with Crippen molar-refractivity contribution in [1.82, 2.24) is 4.90 Å². The molecule has 1 amide bonds. The Labute approximate surface area is 140 Å². The topological polar surface area (TPSA) is 85.3 Å². The normalized spacial score (nSPS) is 22.8. The van der Waals surface area contributed by atoms with Gasteiger partial charge in [-0.15, -0.1) is 0 Å². The zero-order chi connectivity index (χ0) is 17.3. The Bertz CT molecular complexity index is 641. The van der Waals surface area contributed by atoms with E-state index in [-0.39, 0.29) is 11.8 Å². The van der Waals surface area contributed by atoms with E-state index < -0.39 is 12.0 Å². The molecule has 0 aromatic heterocycles. The second-order valence-electron chi connectivity index (χ2n) is 6.18. The third kappa shape index (κ3) is 2.98. The van der Waals surface area contributed by atoms with Gasteiger partial charge >= 0.3 is 5.97 Å². The lowest BCUT2D eigenvalue weighted by Crippen LogP contribution is -2.49. The van der Waals surface area contributed by atoms with E-state index in [0.29, 0.717) is 49.0 Å². The van der Waals surface area contributed by atoms with Crippen LogP contribution < -0.4 is 14.2 Å². The number of benzene rings is 1. The lowest BCUT2D eigenvalue weighted by molar-refractivity contribution is -0.144. The molecule has 0 bridgehead atoms. The number of carbonyl (C=O) groups is 2. The highest BCUT2D eigenvalue weighted by molar-refractivity contribution is 5.98. The molecule has 1 N–H and O–H groups in total. The first-order valence-electron chi connectivity index (χ1n) is 8.02. The summed E-state index contributed by atoms with van der Waals surface area (Å²) in [4.78, 5) is 25.8. The maximum atomic E-state index is 12.9. The number of methoxy groups -OCH3 is 1. The fourth-order valence-electron chi connectivity index (χ4n) is 3.18. The van der Waals surface area contributed by atoms with Crippen molar-refractivity contribution in [2.45, 2.75) is 25.8 Å². The molecule has 2 atom stereocenters. The largest absolute Gasteiger partial charge is 0.493 e. The molecular weight excluding hydrogens is 314 g/mol. The molecule has 2 unspecified atom stereocenters. The van der Waals surface area contributed by atoms with E-state index >= 15 is 0 Å². The molecule has 2 aliphatic rings. The number of aliphatic carboxylic acids is 1. The number of fused-ring (bicyclic) bond motifs is 1. The number of carbonyl (C=O) groups excluding carboxylic acids is 1. The average molecular weight is 335 g/mol. The number of carboxylic acids is 1. The lowest BCUT2D eigenvalue weighted by Gasteiger charge is -2.36. The van der Waals surface area contributed by atoms with Crippen molar-refractivity contribution < 1.29 is 28.9 Å². The predicted molar refractivity (Wildman–Crippen MR) is 84.8 cm³/mol. The number of ether oxygens (including phenoxy) is 3. The van der Waals surface area contributed by atoms with Gasteiger partial charge in [0.15, 0.2) is 11.5 Å². The van der Waals surface area contributed by atoms with Crippen LogP contribution in [-0.4, -0.2) is 54.8 Å². The van der Waals surface area contributed by atoms with Gasteiger partial charge in [0.2, 0.25) is 5.75 Å². The van der Waals surface area contributed by atoms with E-state index in [4.69, 9.17) is 14.2 Å². The van der Waals surface area contributed by atoms with Gasteiger partial charge in [-0.1, -0.05) is 6.92 Å². The van der Waals surface area contributed by atoms with Crippen LogP contribution >= 0.6 is 0 Å². The van der Waals surface area contributed by atoms with Crippen LogP contribution in [0, 0.1) is 5.92 Å². The first-order chi connectivity index (χ1) is 11.5. The molecule has 24 heavy (non-hydrogen) atoms. The van der Waals surface area contributed by atoms with Crippen molar-refractivity contribution in [3.8, 4) is 17.2 Å². The summed E-state index contributed by atoms with van der Waals surface area (Å²) in [5.74, 6) is 0.310. The van der Waals surface area contributed by atoms with Crippen LogP contribution in [0.3, 0.4) is 0 Å². The Morgan fingerprint density at radius 3 is 2.75 bits per heavy atom. The number of piperidine rings is 1. The molecule has 0 radical (unpaired) electrons. The van der Waals surface area contributed by atoms with E-state index in [2.05, 4.69) is 0 Å². The molecule has 3 rings (SSSR count). The highest BCUT2D eigenvalue weighted by atomic mass is 16.6. The van der Waals surface area contributed by atoms with Crippen molar-refractivity contribution in [3.05, 3.63) is 17.7 Å². The molecule has 7 nitrogen and oxygen atoms in total. The fraction of sp³-hybridized carbons (Fsp3) is 0.529. The standard InChI is InChI=1S/C17H21NO6/c1-10-3-4-18(12(7-10)17(20)21)16(19)11-8-13(22-2)15-14(9-11)23-5-6-24-15/h8-10,12H,3-7H2,1-2H3,(H,20,21). The van der Waals surface area contributed by atoms with Gasteiger partial charge in [0.25, 0.3) is 5.91 Å². The SMILES string of the molecule is COc1cc(C(=O)N2CCC(C)CC2C(=O)O)cc2c1OCCO2. The Morgan fingerprint density at radius 1 is 1.29 bits per heavy atom. The minimum Gasteiger partial charge on any atom is -0.493 e. The minimum atomic E-state index is -0.973. The maximum absolute atomic E-state index is 12.9. The van der Waals surface area contributed by atoms with Crippen molar-refractivity contribution in [3.63, 3.8) is 0 Å². The van der Waals surface area contributed by atoms with Crippen LogP contribution in [0.2, 0.25) is 0 Å². The Morgan fingerprint density at radius 2 is 2.04 bits per heavy atom. The first kappa shape index (κ1) is 16.4. The molecule has 1 fully saturated rings. The van der Waals surface area contributed by atoms with E-state index in [1.165, 1.54) is 12.0 Å². The van der Waals surface area contributed by atoms with Crippen LogP contribution in [0.4, 0.5) is 0 Å². The third-order valence-electron chi connectivity index (χ3n) is 4.49. The van der Waals surface area contributed by atoms with E-state index in [0.717, 1.165) is 6.42 Å². The highest BCUT2D eigenvalue weighted by Gasteiger charge is 2.36. The number of nitrogens with zero attached hydrogens (tertiary/aromatic N) is 1. The summed E-state index contributed by atoms with van der Waals surface area (Å²) in [7, 11) is 1.49. The summed E-state index contributed by atoms with van der Waals surface area (Å²) in [6, 6.07) is 2.36. The molecule has 0 aliphatic carbocycles. The third-order valence-corrected chi connectivity index (χ3v) is 4.49. The van der Waals surface area contributed by atoms with Crippen LogP contribution in [0.25, 0.3) is 0 Å². The van der Waals surface area contributed by atoms with Crippen molar-refractivity contribution in [1.29, 1.82) is 0 Å². The van der Waals surface area contributed by atoms with Crippen LogP contribution in [0.1, 0.15) is 30.1 Å². The molecular formula is C17H21NO6. The Balaban J connectivity index is 1.93. The number of likely N-dealkylation sites (tertiary alicyclic amines) is 1. The predicted octanol–water partition coefficient (Wildman–Crippen LogP) is 1.79. The van der Waals surface area contributed by atoms with Crippen LogP contribution in [0.15, 0.2) is 12.1 Å². The summed E-state index contributed by atoms with van der Waals surface area (Å²) in [6.45, 7) is 3.24. The molecule has 0 saturated carbocycles. The quantitative estimate of drug-likeness (QED) is 0.906. The summed E-state index contributed by atoms with van der Waals surface area (Å²) in [5.41, 5.74) is 0.344. The van der Waals surface area contributed by atoms with Crippen LogP contribution in [-0.2, 0) is 4.79 Å². The molecule has 0 spiro atoms. The van der Waals surface area contributed by atoms with Crippen molar-refractivity contribution >= 4 is 11.9 Å². The summed E-state index contributed by atoms with van der Waals surface area (Å²) in [6.07, 6.45) is 1.25. The van der Waals surface area contributed by atoms with Gasteiger partial charge in [-0.3, -0.25) is 4.79 Å². The van der Waals surface area contributed by atoms with Gasteiger partial charge in [-0.05, 0) is 30.9 Å². The molecule has 1 saturated heterocycles. The number of rotatable bonds is 3. The van der Waals surface area contributed by atoms with E-state index in [1.807, 2.05) is 6.92 Å². The Kier molecular flexibility index (Phi) is 4.51. The second kappa shape index (κ2) is 6.59.